The number of hydrogen-bond donors (Lipinski definition) is 3. The molecule has 1 fully saturated rings. The van der Waals surface area contributed by atoms with E-state index in [9.17, 15) is 9.59 Å². The molecule has 0 radical (unpaired) electrons. The molecule has 2 amide bonds. The van der Waals surface area contributed by atoms with E-state index in [1.54, 1.807) is 7.05 Å². The van der Waals surface area contributed by atoms with Gasteiger partial charge in [0, 0.05) is 32.4 Å². The molecule has 0 saturated carbocycles. The third-order valence-electron chi connectivity index (χ3n) is 3.59. The van der Waals surface area contributed by atoms with E-state index in [1.165, 1.54) is 0 Å². The monoisotopic (exact) mass is 290 g/mol. The minimum absolute atomic E-state index is 0.0645. The predicted octanol–water partition coefficient (Wildman–Crippen LogP) is -0.0467. The molecule has 1 heterocycles. The highest BCUT2D eigenvalue weighted by Crippen LogP contribution is 2.09. The summed E-state index contributed by atoms with van der Waals surface area (Å²) in [5, 5.41) is 8.68. The number of carbonyl (C=O) groups excluding carboxylic acids is 2. The maximum absolute atomic E-state index is 12.1. The van der Waals surface area contributed by atoms with Crippen LogP contribution >= 0.6 is 0 Å². The van der Waals surface area contributed by atoms with E-state index in [0.29, 0.717) is 13.1 Å². The van der Waals surface area contributed by atoms with Crippen LogP contribution in [0.5, 0.6) is 0 Å². The highest BCUT2D eigenvalue weighted by molar-refractivity contribution is 5.93. The lowest BCUT2D eigenvalue weighted by Crippen LogP contribution is -2.58. The number of hydrogen-bond acceptors (Lipinski definition) is 4. The average molecular weight is 290 g/mol. The van der Waals surface area contributed by atoms with Crippen molar-refractivity contribution in [1.82, 2.24) is 15.5 Å². The van der Waals surface area contributed by atoms with E-state index in [2.05, 4.69) is 16.0 Å². The Balaban J connectivity index is 1.93. The van der Waals surface area contributed by atoms with Gasteiger partial charge in [-0.25, -0.2) is 0 Å². The van der Waals surface area contributed by atoms with Crippen LogP contribution in [0.15, 0.2) is 24.3 Å². The van der Waals surface area contributed by atoms with Gasteiger partial charge in [-0.05, 0) is 19.1 Å². The van der Waals surface area contributed by atoms with Gasteiger partial charge in [-0.2, -0.15) is 0 Å². The van der Waals surface area contributed by atoms with E-state index in [4.69, 9.17) is 0 Å². The maximum atomic E-state index is 12.1. The topological polar surface area (TPSA) is 73.5 Å². The van der Waals surface area contributed by atoms with Crippen molar-refractivity contribution in [2.75, 3.05) is 38.5 Å². The number of rotatable bonds is 4. The molecule has 1 saturated heterocycles. The summed E-state index contributed by atoms with van der Waals surface area (Å²) >= 11 is 0. The Morgan fingerprint density at radius 1 is 1.33 bits per heavy atom. The second kappa shape index (κ2) is 7.19. The highest BCUT2D eigenvalue weighted by Gasteiger charge is 2.29. The zero-order chi connectivity index (χ0) is 15.2. The smallest absolute Gasteiger partial charge is 0.238 e. The number of benzene rings is 1. The van der Waals surface area contributed by atoms with Crippen molar-refractivity contribution in [3.8, 4) is 0 Å². The standard InChI is InChI=1S/C15H22N4O2/c1-11-3-5-12(6-4-11)18-14(20)10-19-8-7-17-9-13(19)15(21)16-2/h3-6,13,17H,7-10H2,1-2H3,(H,16,21)(H,18,20). The predicted molar refractivity (Wildman–Crippen MR) is 82.1 cm³/mol. The number of nitrogens with one attached hydrogen (secondary N) is 3. The lowest BCUT2D eigenvalue weighted by atomic mass is 10.1. The fourth-order valence-corrected chi connectivity index (χ4v) is 2.38. The SMILES string of the molecule is CNC(=O)C1CNCCN1CC(=O)Nc1ccc(C)cc1. The number of piperazine rings is 1. The summed E-state index contributed by atoms with van der Waals surface area (Å²) < 4.78 is 0. The maximum Gasteiger partial charge on any atom is 0.238 e. The molecule has 6 heteroatoms. The van der Waals surface area contributed by atoms with Crippen LogP contribution in [-0.4, -0.2) is 56.0 Å². The summed E-state index contributed by atoms with van der Waals surface area (Å²) in [7, 11) is 1.61. The van der Waals surface area contributed by atoms with Gasteiger partial charge in [-0.15, -0.1) is 0 Å². The molecular formula is C15H22N4O2. The van der Waals surface area contributed by atoms with Gasteiger partial charge in [0.05, 0.1) is 6.54 Å². The van der Waals surface area contributed by atoms with Crippen molar-refractivity contribution in [2.45, 2.75) is 13.0 Å². The highest BCUT2D eigenvalue weighted by atomic mass is 16.2. The summed E-state index contributed by atoms with van der Waals surface area (Å²) in [4.78, 5) is 25.8. The largest absolute Gasteiger partial charge is 0.358 e. The Bertz CT molecular complexity index is 501. The van der Waals surface area contributed by atoms with Gasteiger partial charge in [-0.1, -0.05) is 17.7 Å². The molecule has 3 N–H and O–H groups in total. The Hall–Kier alpha value is -1.92. The number of likely N-dealkylation sites (N-methyl/N-ethyl adjacent to an activating group) is 1. The number of anilines is 1. The van der Waals surface area contributed by atoms with Crippen LogP contribution in [-0.2, 0) is 9.59 Å². The van der Waals surface area contributed by atoms with Crippen molar-refractivity contribution in [2.24, 2.45) is 0 Å². The van der Waals surface area contributed by atoms with Crippen molar-refractivity contribution in [1.29, 1.82) is 0 Å². The second-order valence-corrected chi connectivity index (χ2v) is 5.22. The third-order valence-corrected chi connectivity index (χ3v) is 3.59. The molecule has 0 bridgehead atoms. The molecule has 1 aromatic carbocycles. The minimum Gasteiger partial charge on any atom is -0.358 e. The van der Waals surface area contributed by atoms with Crippen molar-refractivity contribution < 1.29 is 9.59 Å². The molecule has 6 nitrogen and oxygen atoms in total. The molecule has 21 heavy (non-hydrogen) atoms. The van der Waals surface area contributed by atoms with Gasteiger partial charge in [0.2, 0.25) is 11.8 Å². The molecule has 0 spiro atoms. The van der Waals surface area contributed by atoms with Gasteiger partial charge >= 0.3 is 0 Å². The van der Waals surface area contributed by atoms with Crippen LogP contribution in [0.2, 0.25) is 0 Å². The van der Waals surface area contributed by atoms with Crippen LogP contribution in [0.1, 0.15) is 5.56 Å². The molecule has 1 unspecified atom stereocenters. The second-order valence-electron chi connectivity index (χ2n) is 5.22. The molecule has 1 atom stereocenters. The first-order valence-electron chi connectivity index (χ1n) is 7.13. The fraction of sp³-hybridized carbons (Fsp3) is 0.467. The molecule has 0 aliphatic carbocycles. The average Bonchev–Trinajstić information content (AvgIpc) is 2.49. The quantitative estimate of drug-likeness (QED) is 0.727. The Kier molecular flexibility index (Phi) is 5.30. The first-order chi connectivity index (χ1) is 10.1. The number of nitrogens with zero attached hydrogens (tertiary/aromatic N) is 1. The molecule has 0 aromatic heterocycles. The van der Waals surface area contributed by atoms with E-state index in [0.717, 1.165) is 17.8 Å². The summed E-state index contributed by atoms with van der Waals surface area (Å²) in [5.74, 6) is -0.167. The van der Waals surface area contributed by atoms with Crippen molar-refractivity contribution in [3.05, 3.63) is 29.8 Å². The van der Waals surface area contributed by atoms with E-state index in [1.807, 2.05) is 36.1 Å². The lowest BCUT2D eigenvalue weighted by molar-refractivity contribution is -0.128. The molecule has 1 aliphatic rings. The summed E-state index contributed by atoms with van der Waals surface area (Å²) in [6.07, 6.45) is 0. The Labute approximate surface area is 124 Å². The van der Waals surface area contributed by atoms with Crippen LogP contribution in [0, 0.1) is 6.92 Å². The van der Waals surface area contributed by atoms with Crippen LogP contribution < -0.4 is 16.0 Å². The van der Waals surface area contributed by atoms with Gasteiger partial charge in [0.1, 0.15) is 6.04 Å². The summed E-state index contributed by atoms with van der Waals surface area (Å²) in [6, 6.07) is 7.36. The molecule has 1 aliphatic heterocycles. The minimum atomic E-state index is -0.299. The number of amides is 2. The molecule has 1 aromatic rings. The van der Waals surface area contributed by atoms with Crippen LogP contribution in [0.4, 0.5) is 5.69 Å². The van der Waals surface area contributed by atoms with E-state index >= 15 is 0 Å². The summed E-state index contributed by atoms with van der Waals surface area (Å²) in [6.45, 7) is 4.25. The fourth-order valence-electron chi connectivity index (χ4n) is 2.38. The van der Waals surface area contributed by atoms with Crippen molar-refractivity contribution in [3.63, 3.8) is 0 Å². The molecular weight excluding hydrogens is 268 g/mol. The lowest BCUT2D eigenvalue weighted by Gasteiger charge is -2.34. The van der Waals surface area contributed by atoms with Gasteiger partial charge in [0.15, 0.2) is 0 Å². The summed E-state index contributed by atoms with van der Waals surface area (Å²) in [5.41, 5.74) is 1.92. The number of carbonyl (C=O) groups is 2. The zero-order valence-corrected chi connectivity index (χ0v) is 12.5. The Morgan fingerprint density at radius 2 is 2.05 bits per heavy atom. The zero-order valence-electron chi connectivity index (χ0n) is 12.5. The van der Waals surface area contributed by atoms with E-state index < -0.39 is 0 Å². The van der Waals surface area contributed by atoms with Crippen LogP contribution in [0.3, 0.4) is 0 Å². The first kappa shape index (κ1) is 15.5. The third kappa shape index (κ3) is 4.27. The molecule has 2 rings (SSSR count). The van der Waals surface area contributed by atoms with E-state index in [-0.39, 0.29) is 24.4 Å². The van der Waals surface area contributed by atoms with Crippen molar-refractivity contribution >= 4 is 17.5 Å². The van der Waals surface area contributed by atoms with Gasteiger partial charge in [0.25, 0.3) is 0 Å². The van der Waals surface area contributed by atoms with Gasteiger partial charge < -0.3 is 16.0 Å². The normalized spacial score (nSPS) is 19.0. The number of aryl methyl sites for hydroxylation is 1. The Morgan fingerprint density at radius 3 is 2.71 bits per heavy atom. The first-order valence-corrected chi connectivity index (χ1v) is 7.13. The molecule has 114 valence electrons. The van der Waals surface area contributed by atoms with Gasteiger partial charge in [-0.3, -0.25) is 14.5 Å². The van der Waals surface area contributed by atoms with Crippen LogP contribution in [0.25, 0.3) is 0 Å².